The Bertz CT molecular complexity index is 1030. The molecule has 7 nitrogen and oxygen atoms in total. The summed E-state index contributed by atoms with van der Waals surface area (Å²) in [5, 5.41) is 15.0. The summed E-state index contributed by atoms with van der Waals surface area (Å²) in [4.78, 5) is 37.1. The predicted octanol–water partition coefficient (Wildman–Crippen LogP) is 4.06. The van der Waals surface area contributed by atoms with Gasteiger partial charge in [-0.2, -0.15) is 0 Å². The van der Waals surface area contributed by atoms with Gasteiger partial charge in [-0.15, -0.1) is 0 Å². The number of ether oxygens (including phenoxy) is 1. The average Bonchev–Trinajstić information content (AvgIpc) is 3.54. The molecular weight excluding hydrogens is 420 g/mol. The van der Waals surface area contributed by atoms with Crippen molar-refractivity contribution in [2.45, 2.75) is 51.0 Å². The van der Waals surface area contributed by atoms with E-state index in [2.05, 4.69) is 22.8 Å². The first-order chi connectivity index (χ1) is 15.9. The number of aliphatic carboxylic acids is 1. The van der Waals surface area contributed by atoms with Gasteiger partial charge >= 0.3 is 12.1 Å². The molecule has 33 heavy (non-hydrogen) atoms. The zero-order valence-electron chi connectivity index (χ0n) is 19.0. The van der Waals surface area contributed by atoms with Crippen LogP contribution in [0.15, 0.2) is 48.5 Å². The van der Waals surface area contributed by atoms with Gasteiger partial charge in [0.05, 0.1) is 5.41 Å². The molecule has 0 spiro atoms. The monoisotopic (exact) mass is 450 g/mol. The van der Waals surface area contributed by atoms with E-state index in [0.717, 1.165) is 22.3 Å². The van der Waals surface area contributed by atoms with Gasteiger partial charge in [0.1, 0.15) is 12.1 Å². The molecule has 4 rings (SSSR count). The van der Waals surface area contributed by atoms with Crippen LogP contribution < -0.4 is 10.6 Å². The second kappa shape index (κ2) is 8.89. The van der Waals surface area contributed by atoms with Crippen LogP contribution in [0.1, 0.15) is 56.6 Å². The molecule has 2 aromatic rings. The van der Waals surface area contributed by atoms with Crippen LogP contribution in [-0.4, -0.2) is 41.8 Å². The van der Waals surface area contributed by atoms with E-state index in [4.69, 9.17) is 4.74 Å². The molecule has 2 aromatic carbocycles. The number of hydrogen-bond acceptors (Lipinski definition) is 4. The number of hydrogen-bond donors (Lipinski definition) is 3. The Morgan fingerprint density at radius 2 is 1.55 bits per heavy atom. The number of carboxylic acid groups (broad SMARTS) is 1. The third-order valence-electron chi connectivity index (χ3n) is 7.26. The van der Waals surface area contributed by atoms with Crippen molar-refractivity contribution in [2.75, 3.05) is 13.2 Å². The highest BCUT2D eigenvalue weighted by Crippen LogP contribution is 2.44. The highest BCUT2D eigenvalue weighted by atomic mass is 16.5. The molecule has 3 N–H and O–H groups in total. The van der Waals surface area contributed by atoms with Crippen molar-refractivity contribution in [1.29, 1.82) is 0 Å². The Balaban J connectivity index is 1.37. The van der Waals surface area contributed by atoms with E-state index in [1.54, 1.807) is 13.8 Å². The van der Waals surface area contributed by atoms with Crippen molar-refractivity contribution in [3.8, 4) is 11.1 Å². The Morgan fingerprint density at radius 1 is 1.00 bits per heavy atom. The van der Waals surface area contributed by atoms with Crippen LogP contribution in [0, 0.1) is 5.41 Å². The fourth-order valence-corrected chi connectivity index (χ4v) is 4.66. The van der Waals surface area contributed by atoms with Gasteiger partial charge in [-0.25, -0.2) is 4.79 Å². The first-order valence-corrected chi connectivity index (χ1v) is 11.5. The zero-order valence-corrected chi connectivity index (χ0v) is 19.0. The summed E-state index contributed by atoms with van der Waals surface area (Å²) in [6.07, 6.45) is 1.18. The molecule has 0 radical (unpaired) electrons. The van der Waals surface area contributed by atoms with Crippen molar-refractivity contribution in [1.82, 2.24) is 10.6 Å². The SMILES string of the molecule is CCC(CC)(CNC(=O)C1(NC(=O)OCC2c3ccccc3-c3ccccc32)CC1)C(=O)O. The van der Waals surface area contributed by atoms with Crippen LogP contribution in [0.2, 0.25) is 0 Å². The van der Waals surface area contributed by atoms with Crippen LogP contribution in [0.3, 0.4) is 0 Å². The van der Waals surface area contributed by atoms with Crippen LogP contribution in [0.4, 0.5) is 4.79 Å². The van der Waals surface area contributed by atoms with Gasteiger partial charge in [-0.3, -0.25) is 9.59 Å². The number of rotatable bonds is 9. The molecular formula is C26H30N2O5. The molecule has 2 amide bonds. The minimum atomic E-state index is -1.02. The van der Waals surface area contributed by atoms with Gasteiger partial charge in [-0.05, 0) is 47.9 Å². The van der Waals surface area contributed by atoms with E-state index in [9.17, 15) is 19.5 Å². The second-order valence-corrected chi connectivity index (χ2v) is 9.01. The summed E-state index contributed by atoms with van der Waals surface area (Å²) in [6, 6.07) is 16.2. The molecule has 0 unspecified atom stereocenters. The number of carboxylic acids is 1. The van der Waals surface area contributed by atoms with Gasteiger partial charge in [0.25, 0.3) is 0 Å². The molecule has 2 aliphatic carbocycles. The third kappa shape index (κ3) is 4.19. The van der Waals surface area contributed by atoms with Gasteiger partial charge in [0.15, 0.2) is 0 Å². The normalized spacial score (nSPS) is 15.8. The molecule has 1 fully saturated rings. The lowest BCUT2D eigenvalue weighted by Gasteiger charge is -2.28. The summed E-state index contributed by atoms with van der Waals surface area (Å²) >= 11 is 0. The topological polar surface area (TPSA) is 105 Å². The molecule has 0 heterocycles. The number of alkyl carbamates (subject to hydrolysis) is 1. The zero-order chi connectivity index (χ0) is 23.6. The maximum Gasteiger partial charge on any atom is 0.408 e. The Kier molecular flexibility index (Phi) is 6.15. The van der Waals surface area contributed by atoms with Crippen molar-refractivity contribution < 1.29 is 24.2 Å². The first kappa shape index (κ1) is 22.8. The van der Waals surface area contributed by atoms with Crippen molar-refractivity contribution in [3.05, 3.63) is 59.7 Å². The number of nitrogens with one attached hydrogen (secondary N) is 2. The molecule has 7 heteroatoms. The lowest BCUT2D eigenvalue weighted by atomic mass is 9.82. The predicted molar refractivity (Wildman–Crippen MR) is 124 cm³/mol. The van der Waals surface area contributed by atoms with Gasteiger partial charge < -0.3 is 20.5 Å². The van der Waals surface area contributed by atoms with Crippen LogP contribution >= 0.6 is 0 Å². The molecule has 174 valence electrons. The standard InChI is InChI=1S/C26H30N2O5/c1-3-25(4-2,23(30)31)16-27-22(29)26(13-14-26)28-24(32)33-15-21-19-11-7-5-9-17(19)18-10-6-8-12-20(18)21/h5-12,21H,3-4,13-16H2,1-2H3,(H,27,29)(H,28,32)(H,30,31). The summed E-state index contributed by atoms with van der Waals surface area (Å²) in [6.45, 7) is 3.80. The van der Waals surface area contributed by atoms with Crippen LogP contribution in [-0.2, 0) is 14.3 Å². The molecule has 0 saturated heterocycles. The summed E-state index contributed by atoms with van der Waals surface area (Å²) < 4.78 is 5.57. The molecule has 0 aromatic heterocycles. The largest absolute Gasteiger partial charge is 0.481 e. The van der Waals surface area contributed by atoms with Crippen molar-refractivity contribution in [2.24, 2.45) is 5.41 Å². The summed E-state index contributed by atoms with van der Waals surface area (Å²) in [7, 11) is 0. The van der Waals surface area contributed by atoms with Crippen molar-refractivity contribution >= 4 is 18.0 Å². The number of benzene rings is 2. The fraction of sp³-hybridized carbons (Fsp3) is 0.423. The van der Waals surface area contributed by atoms with Crippen LogP contribution in [0.25, 0.3) is 11.1 Å². The van der Waals surface area contributed by atoms with Crippen LogP contribution in [0.5, 0.6) is 0 Å². The first-order valence-electron chi connectivity index (χ1n) is 11.5. The number of fused-ring (bicyclic) bond motifs is 3. The second-order valence-electron chi connectivity index (χ2n) is 9.01. The van der Waals surface area contributed by atoms with Gasteiger partial charge in [-0.1, -0.05) is 62.4 Å². The lowest BCUT2D eigenvalue weighted by molar-refractivity contribution is -0.149. The van der Waals surface area contributed by atoms with Gasteiger partial charge in [0, 0.05) is 12.5 Å². The molecule has 2 aliphatic rings. The van der Waals surface area contributed by atoms with E-state index in [1.165, 1.54) is 0 Å². The highest BCUT2D eigenvalue weighted by molar-refractivity contribution is 5.93. The Labute approximate surface area is 193 Å². The number of carbonyl (C=O) groups excluding carboxylic acids is 2. The summed E-state index contributed by atoms with van der Waals surface area (Å²) in [5.74, 6) is -1.34. The lowest BCUT2D eigenvalue weighted by Crippen LogP contribution is -2.52. The van der Waals surface area contributed by atoms with E-state index in [0.29, 0.717) is 25.7 Å². The number of amides is 2. The van der Waals surface area contributed by atoms with Crippen molar-refractivity contribution in [3.63, 3.8) is 0 Å². The van der Waals surface area contributed by atoms with E-state index in [1.807, 2.05) is 36.4 Å². The van der Waals surface area contributed by atoms with Gasteiger partial charge in [0.2, 0.25) is 5.91 Å². The van der Waals surface area contributed by atoms with E-state index < -0.39 is 23.0 Å². The maximum absolute atomic E-state index is 12.8. The van der Waals surface area contributed by atoms with E-state index >= 15 is 0 Å². The Hall–Kier alpha value is -3.35. The Morgan fingerprint density at radius 3 is 2.03 bits per heavy atom. The minimum Gasteiger partial charge on any atom is -0.481 e. The maximum atomic E-state index is 12.8. The highest BCUT2D eigenvalue weighted by Gasteiger charge is 2.52. The molecule has 1 saturated carbocycles. The molecule has 0 atom stereocenters. The average molecular weight is 451 g/mol. The minimum absolute atomic E-state index is 0.0300. The van der Waals surface area contributed by atoms with E-state index in [-0.39, 0.29) is 25.0 Å². The fourth-order valence-electron chi connectivity index (χ4n) is 4.66. The molecule has 0 bridgehead atoms. The smallest absolute Gasteiger partial charge is 0.408 e. The number of carbonyl (C=O) groups is 3. The molecule has 0 aliphatic heterocycles. The third-order valence-corrected chi connectivity index (χ3v) is 7.26. The quantitative estimate of drug-likeness (QED) is 0.534. The summed E-state index contributed by atoms with van der Waals surface area (Å²) in [5.41, 5.74) is 2.51.